The van der Waals surface area contributed by atoms with Crippen molar-refractivity contribution in [2.24, 2.45) is 0 Å². The molecule has 1 N–H and O–H groups in total. The third-order valence-electron chi connectivity index (χ3n) is 11.8. The lowest BCUT2D eigenvalue weighted by molar-refractivity contribution is 0.472. The van der Waals surface area contributed by atoms with Crippen LogP contribution in [0.5, 0.6) is 5.75 Å². The van der Waals surface area contributed by atoms with E-state index in [1.54, 1.807) is 24.4 Å². The fraction of sp³-hybridized carbons (Fsp3) is 0.186. The van der Waals surface area contributed by atoms with E-state index in [4.69, 9.17) is 20.9 Å². The van der Waals surface area contributed by atoms with E-state index in [2.05, 4.69) is 65.8 Å². The summed E-state index contributed by atoms with van der Waals surface area (Å²) in [6.07, 6.45) is 1.59. The number of aromatic nitrogens is 3. The highest BCUT2D eigenvalue weighted by Crippen LogP contribution is 2.44. The highest BCUT2D eigenvalue weighted by atomic mass is 16.3. The number of hydrogen-bond acceptors (Lipinski definition) is 3. The van der Waals surface area contributed by atoms with Gasteiger partial charge in [0.2, 0.25) is 0 Å². The number of benzene rings is 7. The van der Waals surface area contributed by atoms with Gasteiger partial charge in [0.15, 0.2) is 0 Å². The van der Waals surface area contributed by atoms with Crippen molar-refractivity contribution in [3.8, 4) is 78.6 Å². The average Bonchev–Trinajstić information content (AvgIpc) is 3.72. The Morgan fingerprint density at radius 2 is 1.27 bits per heavy atom. The second-order valence-corrected chi connectivity index (χ2v) is 18.5. The molecular weight excluding hydrogens is 767 g/mol. The number of aromatic hydroxyl groups is 1. The van der Waals surface area contributed by atoms with E-state index in [0.29, 0.717) is 50.5 Å². The number of hydrogen-bond donors (Lipinski definition) is 1. The zero-order valence-corrected chi connectivity index (χ0v) is 37.0. The largest absolute Gasteiger partial charge is 0.507 e. The molecule has 0 spiro atoms. The van der Waals surface area contributed by atoms with E-state index in [-0.39, 0.29) is 39.8 Å². The molecule has 0 radical (unpaired) electrons. The van der Waals surface area contributed by atoms with Crippen LogP contribution in [0.2, 0.25) is 0 Å². The van der Waals surface area contributed by atoms with Gasteiger partial charge in [0, 0.05) is 27.0 Å². The van der Waals surface area contributed by atoms with E-state index in [9.17, 15) is 5.11 Å². The van der Waals surface area contributed by atoms with Gasteiger partial charge in [0.05, 0.1) is 34.8 Å². The van der Waals surface area contributed by atoms with Gasteiger partial charge in [-0.1, -0.05) is 151 Å². The second-order valence-electron chi connectivity index (χ2n) is 18.5. The van der Waals surface area contributed by atoms with Crippen LogP contribution in [-0.4, -0.2) is 19.6 Å². The van der Waals surface area contributed by atoms with Gasteiger partial charge in [-0.15, -0.1) is 0 Å². The van der Waals surface area contributed by atoms with Gasteiger partial charge in [-0.05, 0) is 141 Å². The Labute approximate surface area is 383 Å². The molecule has 9 rings (SSSR count). The SMILES string of the molecule is [2H]c1c([2H])c([2H])c(-c2ccnc(-c3cc(-c4cccc5c4nc(-c4cc(C)cc(C)c4O)n5-c4cc(C([2H])([2H])[2H])c(-c5ccc(C(C)(C)C)cc5)cc4-c4ccccc4)cc(C(C)(C)C)c3)c2)c([2H])c1[2H]. The van der Waals surface area contributed by atoms with Crippen molar-refractivity contribution in [3.63, 3.8) is 0 Å². The number of phenols is 1. The first-order valence-electron chi connectivity index (χ1n) is 25.3. The van der Waals surface area contributed by atoms with Crippen LogP contribution in [0.15, 0.2) is 164 Å². The highest BCUT2D eigenvalue weighted by Gasteiger charge is 2.25. The summed E-state index contributed by atoms with van der Waals surface area (Å²) in [7, 11) is 0. The first kappa shape index (κ1) is 32.6. The summed E-state index contributed by atoms with van der Waals surface area (Å²) < 4.78 is 71.3. The van der Waals surface area contributed by atoms with E-state index in [0.717, 1.165) is 50.1 Å². The molecule has 312 valence electrons. The van der Waals surface area contributed by atoms with Crippen LogP contribution in [0.3, 0.4) is 0 Å². The van der Waals surface area contributed by atoms with Crippen molar-refractivity contribution >= 4 is 11.0 Å². The average molecular weight is 830 g/mol. The van der Waals surface area contributed by atoms with Crippen molar-refractivity contribution in [1.29, 1.82) is 0 Å². The van der Waals surface area contributed by atoms with Crippen LogP contribution in [0.4, 0.5) is 0 Å². The lowest BCUT2D eigenvalue weighted by Crippen LogP contribution is -2.11. The van der Waals surface area contributed by atoms with Crippen molar-refractivity contribution in [3.05, 3.63) is 192 Å². The van der Waals surface area contributed by atoms with Crippen LogP contribution in [0.1, 0.15) is 80.3 Å². The Bertz CT molecular complexity index is 3540. The minimum atomic E-state index is -2.52. The molecule has 2 heterocycles. The molecule has 9 aromatic rings. The van der Waals surface area contributed by atoms with Crippen LogP contribution in [0.25, 0.3) is 83.9 Å². The number of imidazole rings is 1. The number of para-hydroxylation sites is 1. The summed E-state index contributed by atoms with van der Waals surface area (Å²) in [4.78, 5) is 10.2. The summed E-state index contributed by atoms with van der Waals surface area (Å²) in [6, 6.07) is 39.3. The predicted molar refractivity (Wildman–Crippen MR) is 265 cm³/mol. The summed E-state index contributed by atoms with van der Waals surface area (Å²) in [6.45, 7) is 14.1. The van der Waals surface area contributed by atoms with Gasteiger partial charge >= 0.3 is 0 Å². The minimum Gasteiger partial charge on any atom is -0.507 e. The van der Waals surface area contributed by atoms with Crippen LogP contribution < -0.4 is 0 Å². The summed E-state index contributed by atoms with van der Waals surface area (Å²) >= 11 is 0. The number of nitrogens with zero attached hydrogens (tertiary/aromatic N) is 3. The molecule has 4 heteroatoms. The first-order chi connectivity index (χ1) is 33.4. The van der Waals surface area contributed by atoms with E-state index in [1.807, 2.05) is 103 Å². The zero-order valence-electron chi connectivity index (χ0n) is 45.0. The summed E-state index contributed by atoms with van der Waals surface area (Å²) in [5.41, 5.74) is 12.2. The molecular formula is C59H55N3O. The maximum Gasteiger partial charge on any atom is 0.149 e. The van der Waals surface area contributed by atoms with Crippen LogP contribution in [0, 0.1) is 20.7 Å². The lowest BCUT2D eigenvalue weighted by Gasteiger charge is -2.22. The van der Waals surface area contributed by atoms with E-state index < -0.39 is 25.0 Å². The Kier molecular flexibility index (Phi) is 8.30. The van der Waals surface area contributed by atoms with E-state index >= 15 is 0 Å². The smallest absolute Gasteiger partial charge is 0.149 e. The molecule has 0 aliphatic rings. The quantitative estimate of drug-likeness (QED) is 0.174. The highest BCUT2D eigenvalue weighted by molar-refractivity contribution is 5.98. The normalized spacial score (nSPS) is 14.0. The number of fused-ring (bicyclic) bond motifs is 1. The molecule has 0 saturated heterocycles. The maximum atomic E-state index is 12.0. The molecule has 2 aromatic heterocycles. The maximum absolute atomic E-state index is 12.0. The van der Waals surface area contributed by atoms with Crippen molar-refractivity contribution < 1.29 is 16.1 Å². The van der Waals surface area contributed by atoms with E-state index in [1.165, 1.54) is 0 Å². The van der Waals surface area contributed by atoms with Gasteiger partial charge in [-0.25, -0.2) is 4.98 Å². The molecule has 0 atom stereocenters. The van der Waals surface area contributed by atoms with Gasteiger partial charge in [0.1, 0.15) is 11.6 Å². The molecule has 0 aliphatic heterocycles. The minimum absolute atomic E-state index is 0.0589. The van der Waals surface area contributed by atoms with Crippen LogP contribution >= 0.6 is 0 Å². The van der Waals surface area contributed by atoms with Gasteiger partial charge in [-0.2, -0.15) is 0 Å². The second kappa shape index (κ2) is 16.0. The molecule has 0 aliphatic carbocycles. The Balaban J connectivity index is 1.34. The molecule has 0 saturated carbocycles. The van der Waals surface area contributed by atoms with Crippen molar-refractivity contribution in [2.75, 3.05) is 0 Å². The molecule has 4 nitrogen and oxygen atoms in total. The fourth-order valence-corrected chi connectivity index (χ4v) is 8.40. The number of aryl methyl sites for hydroxylation is 3. The third kappa shape index (κ3) is 7.98. The monoisotopic (exact) mass is 829 g/mol. The van der Waals surface area contributed by atoms with Crippen molar-refractivity contribution in [2.45, 2.75) is 73.1 Å². The Morgan fingerprint density at radius 1 is 0.556 bits per heavy atom. The third-order valence-corrected chi connectivity index (χ3v) is 11.8. The van der Waals surface area contributed by atoms with Gasteiger partial charge in [-0.3, -0.25) is 9.55 Å². The van der Waals surface area contributed by atoms with Crippen LogP contribution in [-0.2, 0) is 10.8 Å². The number of pyridine rings is 1. The van der Waals surface area contributed by atoms with Gasteiger partial charge in [0.25, 0.3) is 0 Å². The fourth-order valence-electron chi connectivity index (χ4n) is 8.40. The van der Waals surface area contributed by atoms with Gasteiger partial charge < -0.3 is 5.11 Å². The molecule has 0 fully saturated rings. The first-order valence-corrected chi connectivity index (χ1v) is 21.3. The Hall–Kier alpha value is -7.04. The molecule has 63 heavy (non-hydrogen) atoms. The standard InChI is InChI=1S/C59H55N3O/c1-37-29-39(3)56(63)51(30-37)57-61-55-48(44-32-45(34-47(33-44)59(7,8)9)52-35-43(27-28-60-52)40-17-12-10-13-18-40)21-16-22-53(55)62(57)54-31-38(2)49(36-50(54)41-19-14-11-15-20-41)42-23-25-46(26-24-42)58(4,5)6/h10-36,63H,1-9H3/i2D3,10D,12D,13D,17D,18D. The molecule has 7 aromatic carbocycles. The number of phenolic OH excluding ortho intramolecular Hbond substituents is 1. The van der Waals surface area contributed by atoms with Crippen molar-refractivity contribution in [1.82, 2.24) is 14.5 Å². The lowest BCUT2D eigenvalue weighted by atomic mass is 9.83. The number of rotatable bonds is 7. The summed E-state index contributed by atoms with van der Waals surface area (Å²) in [5.74, 6) is 0.483. The topological polar surface area (TPSA) is 50.9 Å². The summed E-state index contributed by atoms with van der Waals surface area (Å²) in [5, 5.41) is 12.0. The molecule has 0 amide bonds. The molecule has 0 unspecified atom stereocenters. The molecule has 0 bridgehead atoms. The Morgan fingerprint density at radius 3 is 1.98 bits per heavy atom. The zero-order chi connectivity index (χ0) is 51.1. The predicted octanol–water partition coefficient (Wildman–Crippen LogP) is 15.6.